The van der Waals surface area contributed by atoms with Crippen molar-refractivity contribution in [2.24, 2.45) is 4.99 Å². The minimum atomic E-state index is -0.205. The van der Waals surface area contributed by atoms with Crippen LogP contribution >= 0.6 is 0 Å². The third kappa shape index (κ3) is 5.35. The number of pyridine rings is 2. The van der Waals surface area contributed by atoms with Crippen LogP contribution in [0.25, 0.3) is 22.8 Å². The highest BCUT2D eigenvalue weighted by atomic mass is 16.1. The number of carbonyl (C=O) groups is 1. The Kier molecular flexibility index (Phi) is 7.00. The maximum Gasteiger partial charge on any atom is 0.248 e. The van der Waals surface area contributed by atoms with Gasteiger partial charge in [0.1, 0.15) is 0 Å². The second-order valence-corrected chi connectivity index (χ2v) is 6.68. The summed E-state index contributed by atoms with van der Waals surface area (Å²) in [6.07, 6.45) is 12.3. The monoisotopic (exact) mass is 396 g/mol. The average molecular weight is 396 g/mol. The Morgan fingerprint density at radius 3 is 2.57 bits per heavy atom. The van der Waals surface area contributed by atoms with Gasteiger partial charge in [-0.25, -0.2) is 0 Å². The molecule has 2 heterocycles. The van der Waals surface area contributed by atoms with Gasteiger partial charge in [-0.3, -0.25) is 19.8 Å². The molecule has 1 N–H and O–H groups in total. The van der Waals surface area contributed by atoms with E-state index in [1.165, 1.54) is 6.08 Å². The molecule has 5 nitrogen and oxygen atoms in total. The topological polar surface area (TPSA) is 67.2 Å². The molecule has 0 aliphatic rings. The van der Waals surface area contributed by atoms with Gasteiger partial charge >= 0.3 is 0 Å². The van der Waals surface area contributed by atoms with Gasteiger partial charge in [0, 0.05) is 54.9 Å². The van der Waals surface area contributed by atoms with Gasteiger partial charge in [-0.15, -0.1) is 0 Å². The first-order valence-electron chi connectivity index (χ1n) is 9.65. The molecule has 1 amide bonds. The smallest absolute Gasteiger partial charge is 0.248 e. The molecule has 30 heavy (non-hydrogen) atoms. The standard InChI is InChI=1S/C25H24N4O/c1-4-19(16-26-3)24-12-13-27-17-22(24)7-10-25(30)29-23-8-5-20(6-9-23)21-11-14-28-18(2)15-21/h4-17H,1-3H3,(H,29,30)/b10-7+,19-4+,26-16-. The van der Waals surface area contributed by atoms with E-state index < -0.39 is 0 Å². The maximum absolute atomic E-state index is 12.4. The highest BCUT2D eigenvalue weighted by molar-refractivity contribution is 6.11. The molecule has 3 rings (SSSR count). The van der Waals surface area contributed by atoms with Crippen LogP contribution in [0.2, 0.25) is 0 Å². The van der Waals surface area contributed by atoms with Crippen LogP contribution in [0.4, 0.5) is 5.69 Å². The number of aryl methyl sites for hydroxylation is 1. The number of nitrogens with zero attached hydrogens (tertiary/aromatic N) is 3. The summed E-state index contributed by atoms with van der Waals surface area (Å²) in [7, 11) is 1.73. The summed E-state index contributed by atoms with van der Waals surface area (Å²) >= 11 is 0. The van der Waals surface area contributed by atoms with Gasteiger partial charge in [-0.1, -0.05) is 18.2 Å². The maximum atomic E-state index is 12.4. The van der Waals surface area contributed by atoms with Crippen LogP contribution in [0, 0.1) is 6.92 Å². The van der Waals surface area contributed by atoms with Crippen molar-refractivity contribution in [1.29, 1.82) is 0 Å². The first-order valence-corrected chi connectivity index (χ1v) is 9.65. The minimum absolute atomic E-state index is 0.205. The van der Waals surface area contributed by atoms with E-state index >= 15 is 0 Å². The zero-order valence-electron chi connectivity index (χ0n) is 17.3. The molecule has 0 unspecified atom stereocenters. The van der Waals surface area contributed by atoms with E-state index in [1.54, 1.807) is 37.9 Å². The van der Waals surface area contributed by atoms with Crippen LogP contribution in [-0.4, -0.2) is 29.1 Å². The molecule has 5 heteroatoms. The fourth-order valence-corrected chi connectivity index (χ4v) is 3.06. The number of hydrogen-bond donors (Lipinski definition) is 1. The number of anilines is 1. The number of hydrogen-bond acceptors (Lipinski definition) is 4. The highest BCUT2D eigenvalue weighted by Crippen LogP contribution is 2.22. The normalized spacial score (nSPS) is 11.9. The van der Waals surface area contributed by atoms with Gasteiger partial charge in [0.25, 0.3) is 0 Å². The van der Waals surface area contributed by atoms with Crippen molar-refractivity contribution in [2.45, 2.75) is 13.8 Å². The molecule has 0 spiro atoms. The molecule has 0 radical (unpaired) electrons. The van der Waals surface area contributed by atoms with E-state index in [9.17, 15) is 4.79 Å². The van der Waals surface area contributed by atoms with Crippen LogP contribution in [0.3, 0.4) is 0 Å². The number of allylic oxidation sites excluding steroid dienone is 2. The first-order chi connectivity index (χ1) is 14.6. The number of rotatable bonds is 6. The van der Waals surface area contributed by atoms with E-state index in [-0.39, 0.29) is 5.91 Å². The van der Waals surface area contributed by atoms with E-state index in [4.69, 9.17) is 0 Å². The van der Waals surface area contributed by atoms with Crippen LogP contribution in [-0.2, 0) is 4.79 Å². The Morgan fingerprint density at radius 2 is 1.87 bits per heavy atom. The minimum Gasteiger partial charge on any atom is -0.323 e. The van der Waals surface area contributed by atoms with Gasteiger partial charge in [-0.2, -0.15) is 0 Å². The van der Waals surface area contributed by atoms with Gasteiger partial charge in [0.15, 0.2) is 0 Å². The Labute approximate surface area is 176 Å². The Balaban J connectivity index is 1.71. The molecular weight excluding hydrogens is 372 g/mol. The number of carbonyl (C=O) groups excluding carboxylic acids is 1. The van der Waals surface area contributed by atoms with Gasteiger partial charge in [0.2, 0.25) is 5.91 Å². The molecule has 0 saturated heterocycles. The Bertz CT molecular complexity index is 1110. The SMILES string of the molecule is C/C=C(\C=N/C)c1ccncc1/C=C/C(=O)Nc1ccc(-c2ccnc(C)c2)cc1. The predicted octanol–water partition coefficient (Wildman–Crippen LogP) is 5.21. The third-order valence-electron chi connectivity index (χ3n) is 4.54. The second-order valence-electron chi connectivity index (χ2n) is 6.68. The molecule has 0 fully saturated rings. The lowest BCUT2D eigenvalue weighted by molar-refractivity contribution is -0.111. The predicted molar refractivity (Wildman–Crippen MR) is 124 cm³/mol. The lowest BCUT2D eigenvalue weighted by atomic mass is 10.0. The lowest BCUT2D eigenvalue weighted by Gasteiger charge is -2.07. The van der Waals surface area contributed by atoms with Gasteiger partial charge < -0.3 is 5.32 Å². The molecule has 0 saturated carbocycles. The molecule has 0 atom stereocenters. The summed E-state index contributed by atoms with van der Waals surface area (Å²) in [6, 6.07) is 13.7. The van der Waals surface area contributed by atoms with Crippen molar-refractivity contribution in [3.8, 4) is 11.1 Å². The zero-order chi connectivity index (χ0) is 21.3. The van der Waals surface area contributed by atoms with E-state index in [2.05, 4.69) is 20.3 Å². The van der Waals surface area contributed by atoms with Crippen LogP contribution in [0.15, 0.2) is 78.2 Å². The summed E-state index contributed by atoms with van der Waals surface area (Å²) in [6.45, 7) is 3.92. The highest BCUT2D eigenvalue weighted by Gasteiger charge is 2.05. The van der Waals surface area contributed by atoms with E-state index in [0.29, 0.717) is 0 Å². The van der Waals surface area contributed by atoms with Crippen molar-refractivity contribution in [3.05, 3.63) is 90.0 Å². The molecule has 2 aromatic heterocycles. The average Bonchev–Trinajstić information content (AvgIpc) is 2.77. The van der Waals surface area contributed by atoms with E-state index in [1.807, 2.05) is 62.4 Å². The molecule has 0 aliphatic heterocycles. The van der Waals surface area contributed by atoms with Crippen molar-refractivity contribution >= 4 is 29.5 Å². The Hall–Kier alpha value is -3.86. The van der Waals surface area contributed by atoms with E-state index in [0.717, 1.165) is 39.2 Å². The first kappa shape index (κ1) is 20.9. The number of benzene rings is 1. The molecule has 150 valence electrons. The van der Waals surface area contributed by atoms with Gasteiger partial charge in [-0.05, 0) is 72.5 Å². The number of nitrogens with one attached hydrogen (secondary N) is 1. The zero-order valence-corrected chi connectivity index (χ0v) is 17.3. The molecule has 0 aliphatic carbocycles. The van der Waals surface area contributed by atoms with Crippen LogP contribution in [0.5, 0.6) is 0 Å². The van der Waals surface area contributed by atoms with Crippen molar-refractivity contribution in [1.82, 2.24) is 9.97 Å². The molecule has 0 bridgehead atoms. The van der Waals surface area contributed by atoms with Crippen molar-refractivity contribution in [3.63, 3.8) is 0 Å². The summed E-state index contributed by atoms with van der Waals surface area (Å²) in [5.41, 5.74) is 6.67. The third-order valence-corrected chi connectivity index (χ3v) is 4.54. The fraction of sp³-hybridized carbons (Fsp3) is 0.120. The van der Waals surface area contributed by atoms with Crippen molar-refractivity contribution < 1.29 is 4.79 Å². The largest absolute Gasteiger partial charge is 0.323 e. The number of aliphatic imine (C=N–C) groups is 1. The van der Waals surface area contributed by atoms with Crippen LogP contribution < -0.4 is 5.32 Å². The Morgan fingerprint density at radius 1 is 1.07 bits per heavy atom. The summed E-state index contributed by atoms with van der Waals surface area (Å²) < 4.78 is 0. The molecule has 3 aromatic rings. The summed E-state index contributed by atoms with van der Waals surface area (Å²) in [4.78, 5) is 24.9. The number of aromatic nitrogens is 2. The molecule has 1 aromatic carbocycles. The quantitative estimate of drug-likeness (QED) is 0.459. The second kappa shape index (κ2) is 10.1. The van der Waals surface area contributed by atoms with Gasteiger partial charge in [0.05, 0.1) is 0 Å². The summed E-state index contributed by atoms with van der Waals surface area (Å²) in [5, 5.41) is 2.89. The fourth-order valence-electron chi connectivity index (χ4n) is 3.06. The molecular formula is C25H24N4O. The summed E-state index contributed by atoms with van der Waals surface area (Å²) in [5.74, 6) is -0.205. The lowest BCUT2D eigenvalue weighted by Crippen LogP contribution is -2.07. The van der Waals surface area contributed by atoms with Crippen LogP contribution in [0.1, 0.15) is 23.7 Å². The number of amides is 1. The van der Waals surface area contributed by atoms with Crippen molar-refractivity contribution in [2.75, 3.05) is 12.4 Å².